The Kier molecular flexibility index (Phi) is 4.05. The molecule has 0 aromatic rings. The molecular weight excluding hydrogens is 148 g/mol. The van der Waals surface area contributed by atoms with Crippen LogP contribution in [-0.4, -0.2) is 36.1 Å². The highest BCUT2D eigenvalue weighted by atomic mass is 16.2. The van der Waals surface area contributed by atoms with E-state index >= 15 is 0 Å². The minimum atomic E-state index is -0.569. The zero-order chi connectivity index (χ0) is 8.85. The Morgan fingerprint density at radius 1 is 1.55 bits per heavy atom. The summed E-state index contributed by atoms with van der Waals surface area (Å²) in [5.41, 5.74) is 4.97. The smallest absolute Gasteiger partial charge is 0.243 e. The SMILES string of the molecule is CC(=O)N(C[C]=O)C(=O)CN. The molecule has 0 unspecified atom stereocenters. The van der Waals surface area contributed by atoms with E-state index in [0.717, 1.165) is 4.90 Å². The predicted octanol–water partition coefficient (Wildman–Crippen LogP) is -1.57. The first-order valence-corrected chi connectivity index (χ1v) is 2.99. The number of amides is 2. The van der Waals surface area contributed by atoms with Gasteiger partial charge >= 0.3 is 0 Å². The first-order chi connectivity index (χ1) is 5.13. The highest BCUT2D eigenvalue weighted by molar-refractivity contribution is 5.96. The average molecular weight is 157 g/mol. The topological polar surface area (TPSA) is 80.5 Å². The number of carbonyl (C=O) groups is 2. The number of imide groups is 1. The van der Waals surface area contributed by atoms with Gasteiger partial charge in [-0.15, -0.1) is 0 Å². The van der Waals surface area contributed by atoms with Crippen molar-refractivity contribution in [1.82, 2.24) is 4.90 Å². The van der Waals surface area contributed by atoms with E-state index in [-0.39, 0.29) is 13.1 Å². The van der Waals surface area contributed by atoms with Gasteiger partial charge in [0.1, 0.15) is 0 Å². The number of nitrogens with two attached hydrogens (primary N) is 1. The van der Waals surface area contributed by atoms with Gasteiger partial charge in [0.05, 0.1) is 13.1 Å². The zero-order valence-electron chi connectivity index (χ0n) is 6.16. The Labute approximate surface area is 64.1 Å². The molecule has 61 valence electrons. The van der Waals surface area contributed by atoms with Crippen molar-refractivity contribution in [3.05, 3.63) is 0 Å². The molecule has 0 rings (SSSR count). The molecule has 0 aliphatic carbocycles. The molecule has 0 aliphatic heterocycles. The third-order valence-corrected chi connectivity index (χ3v) is 1.08. The van der Waals surface area contributed by atoms with Crippen molar-refractivity contribution < 1.29 is 14.4 Å². The second-order valence-electron chi connectivity index (χ2n) is 1.85. The van der Waals surface area contributed by atoms with Gasteiger partial charge in [0, 0.05) is 6.92 Å². The second kappa shape index (κ2) is 4.56. The van der Waals surface area contributed by atoms with Crippen LogP contribution in [0.1, 0.15) is 6.92 Å². The molecule has 5 heteroatoms. The van der Waals surface area contributed by atoms with Gasteiger partial charge in [-0.1, -0.05) is 0 Å². The van der Waals surface area contributed by atoms with E-state index in [4.69, 9.17) is 5.73 Å². The van der Waals surface area contributed by atoms with E-state index in [1.165, 1.54) is 13.2 Å². The largest absolute Gasteiger partial charge is 0.322 e. The Morgan fingerprint density at radius 2 is 2.09 bits per heavy atom. The van der Waals surface area contributed by atoms with Crippen molar-refractivity contribution in [3.63, 3.8) is 0 Å². The Hall–Kier alpha value is -1.23. The maximum absolute atomic E-state index is 10.7. The van der Waals surface area contributed by atoms with Crippen molar-refractivity contribution >= 4 is 18.1 Å². The Balaban J connectivity index is 4.20. The van der Waals surface area contributed by atoms with Gasteiger partial charge in [0.25, 0.3) is 0 Å². The predicted molar refractivity (Wildman–Crippen MR) is 37.1 cm³/mol. The van der Waals surface area contributed by atoms with E-state index < -0.39 is 11.8 Å². The number of carbonyl (C=O) groups excluding carboxylic acids is 3. The van der Waals surface area contributed by atoms with Gasteiger partial charge in [-0.05, 0) is 0 Å². The number of hydrogen-bond donors (Lipinski definition) is 1. The molecule has 11 heavy (non-hydrogen) atoms. The third kappa shape index (κ3) is 2.90. The van der Waals surface area contributed by atoms with Crippen LogP contribution in [0.4, 0.5) is 0 Å². The van der Waals surface area contributed by atoms with E-state index in [0.29, 0.717) is 0 Å². The highest BCUT2D eigenvalue weighted by Crippen LogP contribution is 1.87. The lowest BCUT2D eigenvalue weighted by molar-refractivity contribution is -0.141. The molecule has 0 aromatic heterocycles. The fraction of sp³-hybridized carbons (Fsp3) is 0.500. The quantitative estimate of drug-likeness (QED) is 0.536. The summed E-state index contributed by atoms with van der Waals surface area (Å²) in [5.74, 6) is -1.07. The number of nitrogens with zero attached hydrogens (tertiary/aromatic N) is 1. The minimum absolute atomic E-state index is 0.277. The van der Waals surface area contributed by atoms with E-state index in [2.05, 4.69) is 0 Å². The molecule has 1 radical (unpaired) electrons. The summed E-state index contributed by atoms with van der Waals surface area (Å²) in [7, 11) is 0. The molecule has 0 aliphatic rings. The van der Waals surface area contributed by atoms with E-state index in [1.54, 1.807) is 0 Å². The van der Waals surface area contributed by atoms with Crippen molar-refractivity contribution in [1.29, 1.82) is 0 Å². The first kappa shape index (κ1) is 9.77. The van der Waals surface area contributed by atoms with Crippen molar-refractivity contribution in [3.8, 4) is 0 Å². The van der Waals surface area contributed by atoms with Crippen LogP contribution in [0.5, 0.6) is 0 Å². The number of rotatable bonds is 3. The maximum Gasteiger partial charge on any atom is 0.243 e. The maximum atomic E-state index is 10.7. The van der Waals surface area contributed by atoms with E-state index in [9.17, 15) is 14.4 Å². The molecule has 0 atom stereocenters. The van der Waals surface area contributed by atoms with Crippen molar-refractivity contribution in [2.45, 2.75) is 6.92 Å². The lowest BCUT2D eigenvalue weighted by Gasteiger charge is -2.13. The molecule has 5 nitrogen and oxygen atoms in total. The lowest BCUT2D eigenvalue weighted by atomic mass is 10.4. The van der Waals surface area contributed by atoms with Crippen LogP contribution in [0.2, 0.25) is 0 Å². The summed E-state index contributed by atoms with van der Waals surface area (Å²) in [6, 6.07) is 0. The van der Waals surface area contributed by atoms with Crippen LogP contribution in [0.3, 0.4) is 0 Å². The lowest BCUT2D eigenvalue weighted by Crippen LogP contribution is -2.40. The zero-order valence-corrected chi connectivity index (χ0v) is 6.16. The van der Waals surface area contributed by atoms with Gasteiger partial charge in [0.2, 0.25) is 18.1 Å². The molecule has 0 fully saturated rings. The normalized spacial score (nSPS) is 8.91. The summed E-state index contributed by atoms with van der Waals surface area (Å²) in [5, 5.41) is 0. The standard InChI is InChI=1S/C6H9N2O3/c1-5(10)8(2-3-9)6(11)4-7/h2,4,7H2,1H3. The van der Waals surface area contributed by atoms with Crippen LogP contribution < -0.4 is 5.73 Å². The minimum Gasteiger partial charge on any atom is -0.322 e. The fourth-order valence-electron chi connectivity index (χ4n) is 0.550. The van der Waals surface area contributed by atoms with Gasteiger partial charge in [0.15, 0.2) is 0 Å². The van der Waals surface area contributed by atoms with Crippen LogP contribution in [0.25, 0.3) is 0 Å². The monoisotopic (exact) mass is 157 g/mol. The Morgan fingerprint density at radius 3 is 2.36 bits per heavy atom. The summed E-state index contributed by atoms with van der Waals surface area (Å²) in [6.45, 7) is 0.567. The summed E-state index contributed by atoms with van der Waals surface area (Å²) >= 11 is 0. The molecule has 0 saturated heterocycles. The Bertz CT molecular complexity index is 179. The van der Waals surface area contributed by atoms with Gasteiger partial charge < -0.3 is 5.73 Å². The second-order valence-corrected chi connectivity index (χ2v) is 1.85. The van der Waals surface area contributed by atoms with Crippen LogP contribution >= 0.6 is 0 Å². The molecule has 0 heterocycles. The molecule has 0 bridgehead atoms. The van der Waals surface area contributed by atoms with Crippen LogP contribution in [0.15, 0.2) is 0 Å². The molecule has 2 N–H and O–H groups in total. The molecule has 0 spiro atoms. The molecule has 0 aromatic carbocycles. The number of hydrogen-bond acceptors (Lipinski definition) is 4. The van der Waals surface area contributed by atoms with Gasteiger partial charge in [-0.3, -0.25) is 19.3 Å². The van der Waals surface area contributed by atoms with Crippen LogP contribution in [0, 0.1) is 0 Å². The molecule has 0 saturated carbocycles. The van der Waals surface area contributed by atoms with Crippen molar-refractivity contribution in [2.75, 3.05) is 13.1 Å². The first-order valence-electron chi connectivity index (χ1n) is 2.99. The molecular formula is C6H9N2O3. The third-order valence-electron chi connectivity index (χ3n) is 1.08. The van der Waals surface area contributed by atoms with Gasteiger partial charge in [-0.25, -0.2) is 0 Å². The molecule has 2 amide bonds. The summed E-state index contributed by atoms with van der Waals surface area (Å²) in [6.07, 6.45) is 1.44. The summed E-state index contributed by atoms with van der Waals surface area (Å²) in [4.78, 5) is 31.9. The van der Waals surface area contributed by atoms with Gasteiger partial charge in [-0.2, -0.15) is 0 Å². The highest BCUT2D eigenvalue weighted by Gasteiger charge is 2.14. The summed E-state index contributed by atoms with van der Waals surface area (Å²) < 4.78 is 0. The fourth-order valence-corrected chi connectivity index (χ4v) is 0.550. The van der Waals surface area contributed by atoms with Crippen molar-refractivity contribution in [2.24, 2.45) is 5.73 Å². The average Bonchev–Trinajstić information content (AvgIpc) is 1.98. The van der Waals surface area contributed by atoms with E-state index in [1.807, 2.05) is 0 Å². The van der Waals surface area contributed by atoms with Crippen LogP contribution in [-0.2, 0) is 14.4 Å².